The summed E-state index contributed by atoms with van der Waals surface area (Å²) < 4.78 is 39.5. The summed E-state index contributed by atoms with van der Waals surface area (Å²) in [5, 5.41) is 8.87. The second-order valence-electron chi connectivity index (χ2n) is 4.43. The van der Waals surface area contributed by atoms with Gasteiger partial charge in [0.2, 0.25) is 0 Å². The lowest BCUT2D eigenvalue weighted by Gasteiger charge is -2.16. The van der Waals surface area contributed by atoms with Gasteiger partial charge in [0.05, 0.1) is 11.1 Å². The van der Waals surface area contributed by atoms with Gasteiger partial charge < -0.3 is 5.11 Å². The summed E-state index contributed by atoms with van der Waals surface area (Å²) in [6, 6.07) is 3.06. The van der Waals surface area contributed by atoms with Crippen molar-refractivity contribution in [2.24, 2.45) is 0 Å². The van der Waals surface area contributed by atoms with Crippen molar-refractivity contribution in [3.63, 3.8) is 0 Å². The molecular weight excluding hydrogens is 339 g/mol. The number of hydrogen-bond acceptors (Lipinski definition) is 2. The number of carbonyl (C=O) groups is 1. The Morgan fingerprint density at radius 2 is 1.90 bits per heavy atom. The highest BCUT2D eigenvalue weighted by Crippen LogP contribution is 2.40. The summed E-state index contributed by atoms with van der Waals surface area (Å²) in [6.07, 6.45) is -4.78. The topological polar surface area (TPSA) is 50.2 Å². The number of halogens is 4. The van der Waals surface area contributed by atoms with E-state index in [1.54, 1.807) is 13.0 Å². The number of hydrogen-bond donors (Lipinski definition) is 1. The highest BCUT2D eigenvalue weighted by Gasteiger charge is 2.39. The fraction of sp³-hybridized carbons (Fsp3) is 0.231. The second-order valence-corrected chi connectivity index (χ2v) is 5.18. The van der Waals surface area contributed by atoms with E-state index in [0.717, 1.165) is 5.56 Å². The maximum Gasteiger partial charge on any atom is 0.418 e. The first kappa shape index (κ1) is 14.8. The van der Waals surface area contributed by atoms with E-state index in [1.807, 2.05) is 0 Å². The van der Waals surface area contributed by atoms with E-state index in [1.165, 1.54) is 13.0 Å². The maximum atomic E-state index is 13.3. The summed E-state index contributed by atoms with van der Waals surface area (Å²) in [4.78, 5) is 15.1. The molecule has 0 saturated carbocycles. The average molecular weight is 348 g/mol. The van der Waals surface area contributed by atoms with Crippen LogP contribution in [0.25, 0.3) is 10.9 Å². The van der Waals surface area contributed by atoms with Gasteiger partial charge in [-0.25, -0.2) is 9.78 Å². The van der Waals surface area contributed by atoms with Crippen LogP contribution < -0.4 is 0 Å². The monoisotopic (exact) mass is 347 g/mol. The molecule has 0 bridgehead atoms. The van der Waals surface area contributed by atoms with E-state index in [2.05, 4.69) is 20.9 Å². The van der Waals surface area contributed by atoms with Gasteiger partial charge in [-0.3, -0.25) is 0 Å². The summed E-state index contributed by atoms with van der Waals surface area (Å²) >= 11 is 2.82. The van der Waals surface area contributed by atoms with E-state index in [9.17, 15) is 18.0 Å². The van der Waals surface area contributed by atoms with Crippen molar-refractivity contribution in [2.75, 3.05) is 0 Å². The van der Waals surface area contributed by atoms with Gasteiger partial charge in [-0.15, -0.1) is 0 Å². The molecule has 0 saturated heterocycles. The lowest BCUT2D eigenvalue weighted by Crippen LogP contribution is -2.16. The number of alkyl halides is 3. The molecule has 0 aliphatic heterocycles. The number of benzene rings is 1. The van der Waals surface area contributed by atoms with Gasteiger partial charge in [0.1, 0.15) is 10.2 Å². The van der Waals surface area contributed by atoms with Crippen LogP contribution in [0.3, 0.4) is 0 Å². The number of fused-ring (bicyclic) bond motifs is 1. The van der Waals surface area contributed by atoms with Crippen molar-refractivity contribution in [3.05, 3.63) is 39.0 Å². The molecule has 1 N–H and O–H groups in total. The second kappa shape index (κ2) is 4.73. The third kappa shape index (κ3) is 2.37. The normalized spacial score (nSPS) is 11.9. The first-order chi connectivity index (χ1) is 9.12. The Kier molecular flexibility index (Phi) is 3.49. The Labute approximate surface area is 120 Å². The van der Waals surface area contributed by atoms with E-state index >= 15 is 0 Å². The average Bonchev–Trinajstić information content (AvgIpc) is 2.24. The maximum absolute atomic E-state index is 13.3. The first-order valence-electron chi connectivity index (χ1n) is 5.54. The Morgan fingerprint density at radius 1 is 1.30 bits per heavy atom. The van der Waals surface area contributed by atoms with Crippen molar-refractivity contribution in [3.8, 4) is 0 Å². The molecule has 2 rings (SSSR count). The molecule has 1 heterocycles. The van der Waals surface area contributed by atoms with Crippen LogP contribution in [-0.4, -0.2) is 16.1 Å². The molecule has 0 aliphatic carbocycles. The number of rotatable bonds is 1. The van der Waals surface area contributed by atoms with Crippen LogP contribution in [0.1, 0.15) is 27.0 Å². The van der Waals surface area contributed by atoms with E-state index < -0.39 is 23.3 Å². The van der Waals surface area contributed by atoms with Gasteiger partial charge in [0.15, 0.2) is 0 Å². The Bertz CT molecular complexity index is 726. The smallest absolute Gasteiger partial charge is 0.418 e. The summed E-state index contributed by atoms with van der Waals surface area (Å²) in [6.45, 7) is 3.24. The van der Waals surface area contributed by atoms with Crippen LogP contribution in [0.5, 0.6) is 0 Å². The van der Waals surface area contributed by atoms with Crippen molar-refractivity contribution >= 4 is 32.8 Å². The number of aromatic nitrogens is 1. The van der Waals surface area contributed by atoms with Crippen LogP contribution in [0.15, 0.2) is 16.7 Å². The number of nitrogens with zero attached hydrogens (tertiary/aromatic N) is 1. The lowest BCUT2D eigenvalue weighted by molar-refractivity contribution is -0.136. The molecule has 0 spiro atoms. The highest BCUT2D eigenvalue weighted by molar-refractivity contribution is 9.10. The van der Waals surface area contributed by atoms with Crippen LogP contribution in [0.4, 0.5) is 13.2 Å². The Morgan fingerprint density at radius 3 is 2.40 bits per heavy atom. The minimum Gasteiger partial charge on any atom is -0.478 e. The fourth-order valence-corrected chi connectivity index (χ4v) is 2.79. The largest absolute Gasteiger partial charge is 0.478 e. The molecule has 3 nitrogen and oxygen atoms in total. The molecule has 106 valence electrons. The third-order valence-electron chi connectivity index (χ3n) is 2.88. The molecule has 0 unspecified atom stereocenters. The minimum absolute atomic E-state index is 0.117. The zero-order valence-electron chi connectivity index (χ0n) is 10.5. The highest BCUT2D eigenvalue weighted by atomic mass is 79.9. The quantitative estimate of drug-likeness (QED) is 0.781. The number of aromatic carboxylic acids is 1. The molecule has 0 amide bonds. The number of carboxylic acid groups (broad SMARTS) is 1. The van der Waals surface area contributed by atoms with Gasteiger partial charge >= 0.3 is 12.1 Å². The molecule has 7 heteroatoms. The van der Waals surface area contributed by atoms with Gasteiger partial charge in [0, 0.05) is 5.39 Å². The molecule has 0 atom stereocenters. The fourth-order valence-electron chi connectivity index (χ4n) is 2.23. The summed E-state index contributed by atoms with van der Waals surface area (Å²) in [5.74, 6) is -1.67. The van der Waals surface area contributed by atoms with Crippen molar-refractivity contribution in [1.29, 1.82) is 0 Å². The predicted octanol–water partition coefficient (Wildman–Crippen LogP) is 4.33. The third-order valence-corrected chi connectivity index (χ3v) is 3.46. The Hall–Kier alpha value is -1.63. The summed E-state index contributed by atoms with van der Waals surface area (Å²) in [7, 11) is 0. The van der Waals surface area contributed by atoms with Gasteiger partial charge in [0.25, 0.3) is 0 Å². The zero-order chi connectivity index (χ0) is 15.2. The van der Waals surface area contributed by atoms with E-state index in [-0.39, 0.29) is 15.5 Å². The number of aryl methyl sites for hydroxylation is 2. The van der Waals surface area contributed by atoms with Crippen LogP contribution in [-0.2, 0) is 6.18 Å². The van der Waals surface area contributed by atoms with Crippen LogP contribution in [0.2, 0.25) is 0 Å². The van der Waals surface area contributed by atoms with Crippen molar-refractivity contribution in [2.45, 2.75) is 20.0 Å². The van der Waals surface area contributed by atoms with Gasteiger partial charge in [-0.2, -0.15) is 13.2 Å². The standard InChI is InChI=1S/C13H9BrF3NO2/c1-5-3-6(2)8-7(4-5)18-11(14)9(12(19)20)10(8)13(15,16)17/h3-4H,1-2H3,(H,19,20). The van der Waals surface area contributed by atoms with E-state index in [0.29, 0.717) is 5.56 Å². The number of pyridine rings is 1. The molecule has 0 fully saturated rings. The molecule has 1 aromatic heterocycles. The zero-order valence-corrected chi connectivity index (χ0v) is 12.1. The molecule has 0 radical (unpaired) electrons. The predicted molar refractivity (Wildman–Crippen MR) is 70.9 cm³/mol. The minimum atomic E-state index is -4.78. The first-order valence-corrected chi connectivity index (χ1v) is 6.33. The summed E-state index contributed by atoms with van der Waals surface area (Å²) in [5.41, 5.74) is -0.816. The molecule has 0 aliphatic rings. The van der Waals surface area contributed by atoms with Gasteiger partial charge in [-0.1, -0.05) is 6.07 Å². The van der Waals surface area contributed by atoms with Crippen molar-refractivity contribution < 1.29 is 23.1 Å². The van der Waals surface area contributed by atoms with Crippen LogP contribution >= 0.6 is 15.9 Å². The van der Waals surface area contributed by atoms with Gasteiger partial charge in [-0.05, 0) is 47.0 Å². The van der Waals surface area contributed by atoms with Crippen LogP contribution in [0, 0.1) is 13.8 Å². The molecular formula is C13H9BrF3NO2. The SMILES string of the molecule is Cc1cc(C)c2c(C(F)(F)F)c(C(=O)O)c(Br)nc2c1. The lowest BCUT2D eigenvalue weighted by atomic mass is 9.97. The van der Waals surface area contributed by atoms with Crippen molar-refractivity contribution in [1.82, 2.24) is 4.98 Å². The molecule has 1 aromatic carbocycles. The van der Waals surface area contributed by atoms with E-state index in [4.69, 9.17) is 5.11 Å². The molecule has 20 heavy (non-hydrogen) atoms. The Balaban J connectivity index is 3.09. The number of carboxylic acids is 1. The molecule has 2 aromatic rings.